The number of aliphatic hydroxyl groups excluding tert-OH is 1. The smallest absolute Gasteiger partial charge is 0.129 e. The number of rotatable bonds is 6. The zero-order valence-electron chi connectivity index (χ0n) is 12.4. The van der Waals surface area contributed by atoms with Crippen LogP contribution in [0.4, 0.5) is 0 Å². The molecule has 23 heavy (non-hydrogen) atoms. The van der Waals surface area contributed by atoms with E-state index in [1.54, 1.807) is 12.3 Å². The van der Waals surface area contributed by atoms with E-state index >= 15 is 0 Å². The van der Waals surface area contributed by atoms with Crippen LogP contribution in [0.25, 0.3) is 0 Å². The van der Waals surface area contributed by atoms with Crippen LogP contribution in [-0.4, -0.2) is 10.1 Å². The first-order valence-electron chi connectivity index (χ1n) is 7.34. The molecule has 1 atom stereocenters. The predicted molar refractivity (Wildman–Crippen MR) is 89.0 cm³/mol. The molecule has 2 N–H and O–H groups in total. The summed E-state index contributed by atoms with van der Waals surface area (Å²) in [6, 6.07) is 17.0. The van der Waals surface area contributed by atoms with E-state index in [0.29, 0.717) is 17.3 Å². The minimum absolute atomic E-state index is 0.0992. The van der Waals surface area contributed by atoms with Crippen molar-refractivity contribution in [2.45, 2.75) is 19.2 Å². The van der Waals surface area contributed by atoms with E-state index in [4.69, 9.17) is 21.1 Å². The largest absolute Gasteiger partial charge is 0.462 e. The first-order chi connectivity index (χ1) is 11.3. The third-order valence-electron chi connectivity index (χ3n) is 3.52. The number of hydrogen-bond donors (Lipinski definition) is 2. The quantitative estimate of drug-likeness (QED) is 0.724. The molecule has 0 spiro atoms. The first kappa shape index (κ1) is 15.7. The maximum Gasteiger partial charge on any atom is 0.129 e. The van der Waals surface area contributed by atoms with Gasteiger partial charge in [-0.15, -0.1) is 0 Å². The third kappa shape index (κ3) is 3.99. The lowest BCUT2D eigenvalue weighted by molar-refractivity contribution is 0.242. The van der Waals surface area contributed by atoms with Crippen LogP contribution in [-0.2, 0) is 13.2 Å². The number of nitrogens with one attached hydrogen (secondary N) is 1. The lowest BCUT2D eigenvalue weighted by Gasteiger charge is -2.18. The summed E-state index contributed by atoms with van der Waals surface area (Å²) in [4.78, 5) is 4.44. The Balaban J connectivity index is 1.83. The number of benzene rings is 1. The van der Waals surface area contributed by atoms with Crippen molar-refractivity contribution in [2.75, 3.05) is 0 Å². The molecular weight excluding hydrogens is 312 g/mol. The molecule has 1 aromatic carbocycles. The number of aromatic nitrogens is 1. The van der Waals surface area contributed by atoms with Gasteiger partial charge in [0.25, 0.3) is 0 Å². The SMILES string of the molecule is OCc1ccc(CN[C@H](c2cccc(Cl)c2)c2ccccn2)o1. The molecule has 4 nitrogen and oxygen atoms in total. The summed E-state index contributed by atoms with van der Waals surface area (Å²) in [7, 11) is 0. The van der Waals surface area contributed by atoms with E-state index in [9.17, 15) is 0 Å². The molecule has 2 aromatic heterocycles. The highest BCUT2D eigenvalue weighted by Crippen LogP contribution is 2.23. The van der Waals surface area contributed by atoms with Gasteiger partial charge in [-0.25, -0.2) is 0 Å². The highest BCUT2D eigenvalue weighted by molar-refractivity contribution is 6.30. The van der Waals surface area contributed by atoms with Crippen LogP contribution in [0.2, 0.25) is 5.02 Å². The molecule has 0 fully saturated rings. The third-order valence-corrected chi connectivity index (χ3v) is 3.75. The summed E-state index contributed by atoms with van der Waals surface area (Å²) in [5.74, 6) is 1.32. The fourth-order valence-corrected chi connectivity index (χ4v) is 2.63. The number of halogens is 1. The van der Waals surface area contributed by atoms with Crippen molar-refractivity contribution in [3.63, 3.8) is 0 Å². The topological polar surface area (TPSA) is 58.3 Å². The van der Waals surface area contributed by atoms with Gasteiger partial charge < -0.3 is 9.52 Å². The molecule has 0 bridgehead atoms. The normalized spacial score (nSPS) is 12.3. The zero-order valence-corrected chi connectivity index (χ0v) is 13.2. The van der Waals surface area contributed by atoms with E-state index in [2.05, 4.69) is 10.3 Å². The maximum atomic E-state index is 9.08. The van der Waals surface area contributed by atoms with Crippen molar-refractivity contribution in [2.24, 2.45) is 0 Å². The Kier molecular flexibility index (Phi) is 5.08. The molecule has 0 saturated heterocycles. The summed E-state index contributed by atoms with van der Waals surface area (Å²) < 4.78 is 5.52. The van der Waals surface area contributed by atoms with E-state index in [1.165, 1.54) is 0 Å². The van der Waals surface area contributed by atoms with E-state index in [0.717, 1.165) is 17.0 Å². The molecule has 0 amide bonds. The van der Waals surface area contributed by atoms with Crippen molar-refractivity contribution in [1.82, 2.24) is 10.3 Å². The van der Waals surface area contributed by atoms with Gasteiger partial charge in [0.2, 0.25) is 0 Å². The number of hydrogen-bond acceptors (Lipinski definition) is 4. The van der Waals surface area contributed by atoms with Gasteiger partial charge in [0.15, 0.2) is 0 Å². The average Bonchev–Trinajstić information content (AvgIpc) is 3.04. The molecule has 0 saturated carbocycles. The van der Waals surface area contributed by atoms with E-state index < -0.39 is 0 Å². The van der Waals surface area contributed by atoms with Crippen molar-refractivity contribution in [3.8, 4) is 0 Å². The number of furan rings is 1. The minimum atomic E-state index is -0.0995. The standard InChI is InChI=1S/C18H17ClN2O2/c19-14-5-3-4-13(10-14)18(17-6-1-2-9-20-17)21-11-15-7-8-16(12-22)23-15/h1-10,18,21-22H,11-12H2/t18-/m1/s1. The van der Waals surface area contributed by atoms with Crippen LogP contribution >= 0.6 is 11.6 Å². The van der Waals surface area contributed by atoms with Gasteiger partial charge in [-0.05, 0) is 42.0 Å². The fourth-order valence-electron chi connectivity index (χ4n) is 2.43. The van der Waals surface area contributed by atoms with Gasteiger partial charge in [0, 0.05) is 11.2 Å². The van der Waals surface area contributed by atoms with Crippen LogP contribution in [0, 0.1) is 0 Å². The number of nitrogens with zero attached hydrogens (tertiary/aromatic N) is 1. The van der Waals surface area contributed by atoms with Gasteiger partial charge in [0.1, 0.15) is 18.1 Å². The molecule has 3 aromatic rings. The summed E-state index contributed by atoms with van der Waals surface area (Å²) in [6.07, 6.45) is 1.77. The Bertz CT molecular complexity index is 758. The molecule has 0 radical (unpaired) electrons. The van der Waals surface area contributed by atoms with Crippen LogP contribution in [0.3, 0.4) is 0 Å². The van der Waals surface area contributed by atoms with Crippen LogP contribution < -0.4 is 5.32 Å². The van der Waals surface area contributed by atoms with Crippen molar-refractivity contribution in [3.05, 3.63) is 88.6 Å². The molecule has 5 heteroatoms. The lowest BCUT2D eigenvalue weighted by Crippen LogP contribution is -2.22. The molecule has 118 valence electrons. The molecule has 0 aliphatic rings. The Morgan fingerprint density at radius 3 is 2.65 bits per heavy atom. The number of aliphatic hydroxyl groups is 1. The summed E-state index contributed by atoms with van der Waals surface area (Å²) >= 11 is 6.12. The molecule has 3 rings (SSSR count). The number of pyridine rings is 1. The summed E-state index contributed by atoms with van der Waals surface area (Å²) in [5.41, 5.74) is 1.94. The zero-order chi connectivity index (χ0) is 16.1. The summed E-state index contributed by atoms with van der Waals surface area (Å²) in [5, 5.41) is 13.2. The second kappa shape index (κ2) is 7.42. The monoisotopic (exact) mass is 328 g/mol. The van der Waals surface area contributed by atoms with Gasteiger partial charge >= 0.3 is 0 Å². The Labute approximate surface area is 139 Å². The average molecular weight is 329 g/mol. The predicted octanol–water partition coefficient (Wildman–Crippen LogP) is 3.70. The molecular formula is C18H17ClN2O2. The maximum absolute atomic E-state index is 9.08. The van der Waals surface area contributed by atoms with Crippen LogP contribution in [0.15, 0.2) is 65.2 Å². The lowest BCUT2D eigenvalue weighted by atomic mass is 10.0. The Hall–Kier alpha value is -2.14. The van der Waals surface area contributed by atoms with Gasteiger partial charge in [-0.1, -0.05) is 29.8 Å². The first-order valence-corrected chi connectivity index (χ1v) is 7.72. The molecule has 0 unspecified atom stereocenters. The highest BCUT2D eigenvalue weighted by atomic mass is 35.5. The molecule has 2 heterocycles. The molecule has 0 aliphatic carbocycles. The minimum Gasteiger partial charge on any atom is -0.462 e. The van der Waals surface area contributed by atoms with Crippen LogP contribution in [0.1, 0.15) is 28.8 Å². The van der Waals surface area contributed by atoms with Gasteiger partial charge in [-0.2, -0.15) is 0 Å². The van der Waals surface area contributed by atoms with E-state index in [1.807, 2.05) is 48.5 Å². The van der Waals surface area contributed by atoms with E-state index in [-0.39, 0.29) is 12.6 Å². The van der Waals surface area contributed by atoms with Crippen LogP contribution in [0.5, 0.6) is 0 Å². The van der Waals surface area contributed by atoms with Crippen molar-refractivity contribution < 1.29 is 9.52 Å². The molecule has 0 aliphatic heterocycles. The second-order valence-electron chi connectivity index (χ2n) is 5.15. The Morgan fingerprint density at radius 2 is 1.96 bits per heavy atom. The second-order valence-corrected chi connectivity index (χ2v) is 5.59. The summed E-state index contributed by atoms with van der Waals surface area (Å²) in [6.45, 7) is 0.422. The Morgan fingerprint density at radius 1 is 1.09 bits per heavy atom. The fraction of sp³-hybridized carbons (Fsp3) is 0.167. The van der Waals surface area contributed by atoms with Gasteiger partial charge in [-0.3, -0.25) is 10.3 Å². The van der Waals surface area contributed by atoms with Gasteiger partial charge in [0.05, 0.1) is 18.3 Å². The van der Waals surface area contributed by atoms with Crippen molar-refractivity contribution in [1.29, 1.82) is 0 Å². The highest BCUT2D eigenvalue weighted by Gasteiger charge is 2.16. The van der Waals surface area contributed by atoms with Crippen molar-refractivity contribution >= 4 is 11.6 Å².